The maximum atomic E-state index is 5.80. The van der Waals surface area contributed by atoms with Gasteiger partial charge in [-0.05, 0) is 31.5 Å². The Balaban J connectivity index is 2.31. The number of rotatable bonds is 2. The molecule has 1 aromatic rings. The van der Waals surface area contributed by atoms with Crippen molar-refractivity contribution in [3.8, 4) is 0 Å². The second-order valence-corrected chi connectivity index (χ2v) is 3.53. The van der Waals surface area contributed by atoms with Crippen LogP contribution in [-0.4, -0.2) is 18.1 Å². The van der Waals surface area contributed by atoms with Gasteiger partial charge in [0.2, 0.25) is 0 Å². The van der Waals surface area contributed by atoms with Crippen molar-refractivity contribution in [2.24, 2.45) is 5.73 Å². The van der Waals surface area contributed by atoms with E-state index in [9.17, 15) is 0 Å². The van der Waals surface area contributed by atoms with Crippen molar-refractivity contribution in [1.82, 2.24) is 10.3 Å². The van der Waals surface area contributed by atoms with Crippen LogP contribution >= 0.6 is 0 Å². The number of aromatic nitrogens is 1. The standard InChI is InChI=1S/C10H15N3/c11-8-10(5-3-7-13-10)9-4-1-2-6-12-9/h1-2,4,6,13H,3,5,7-8,11H2. The zero-order chi connectivity index (χ0) is 9.15. The summed E-state index contributed by atoms with van der Waals surface area (Å²) >= 11 is 0. The summed E-state index contributed by atoms with van der Waals surface area (Å²) in [6, 6.07) is 5.99. The third-order valence-corrected chi connectivity index (χ3v) is 2.75. The number of hydrogen-bond donors (Lipinski definition) is 2. The molecule has 3 heteroatoms. The smallest absolute Gasteiger partial charge is 0.0732 e. The molecule has 3 N–H and O–H groups in total. The van der Waals surface area contributed by atoms with Gasteiger partial charge in [-0.2, -0.15) is 0 Å². The fraction of sp³-hybridized carbons (Fsp3) is 0.500. The Kier molecular flexibility index (Phi) is 2.29. The van der Waals surface area contributed by atoms with Crippen molar-refractivity contribution >= 4 is 0 Å². The summed E-state index contributed by atoms with van der Waals surface area (Å²) < 4.78 is 0. The van der Waals surface area contributed by atoms with E-state index in [1.54, 1.807) is 0 Å². The average molecular weight is 177 g/mol. The lowest BCUT2D eigenvalue weighted by atomic mass is 9.93. The van der Waals surface area contributed by atoms with E-state index in [0.29, 0.717) is 6.54 Å². The number of nitrogens with two attached hydrogens (primary N) is 1. The highest BCUT2D eigenvalue weighted by molar-refractivity contribution is 5.18. The summed E-state index contributed by atoms with van der Waals surface area (Å²) in [5.74, 6) is 0. The molecule has 1 saturated heterocycles. The van der Waals surface area contributed by atoms with E-state index in [-0.39, 0.29) is 5.54 Å². The van der Waals surface area contributed by atoms with Crippen LogP contribution in [-0.2, 0) is 5.54 Å². The lowest BCUT2D eigenvalue weighted by Crippen LogP contribution is -2.44. The molecular weight excluding hydrogens is 162 g/mol. The third kappa shape index (κ3) is 1.45. The molecule has 0 aromatic carbocycles. The normalized spacial score (nSPS) is 27.8. The maximum Gasteiger partial charge on any atom is 0.0732 e. The lowest BCUT2D eigenvalue weighted by molar-refractivity contribution is 0.390. The molecule has 1 aliphatic rings. The summed E-state index contributed by atoms with van der Waals surface area (Å²) in [7, 11) is 0. The van der Waals surface area contributed by atoms with Crippen LogP contribution in [0, 0.1) is 0 Å². The van der Waals surface area contributed by atoms with Crippen molar-refractivity contribution in [2.45, 2.75) is 18.4 Å². The Morgan fingerprint density at radius 2 is 2.46 bits per heavy atom. The monoisotopic (exact) mass is 177 g/mol. The Hall–Kier alpha value is -0.930. The van der Waals surface area contributed by atoms with Crippen LogP contribution in [0.25, 0.3) is 0 Å². The maximum absolute atomic E-state index is 5.80. The third-order valence-electron chi connectivity index (χ3n) is 2.75. The first-order valence-corrected chi connectivity index (χ1v) is 4.74. The van der Waals surface area contributed by atoms with E-state index in [0.717, 1.165) is 18.7 Å². The van der Waals surface area contributed by atoms with E-state index in [1.807, 2.05) is 24.4 Å². The van der Waals surface area contributed by atoms with Crippen molar-refractivity contribution in [3.05, 3.63) is 30.1 Å². The second-order valence-electron chi connectivity index (χ2n) is 3.53. The van der Waals surface area contributed by atoms with E-state index in [1.165, 1.54) is 6.42 Å². The minimum absolute atomic E-state index is 0.0543. The first kappa shape index (κ1) is 8.66. The van der Waals surface area contributed by atoms with Gasteiger partial charge >= 0.3 is 0 Å². The van der Waals surface area contributed by atoms with Crippen LogP contribution in [0.15, 0.2) is 24.4 Å². The molecule has 1 aromatic heterocycles. The lowest BCUT2D eigenvalue weighted by Gasteiger charge is -2.26. The Labute approximate surface area is 78.4 Å². The van der Waals surface area contributed by atoms with Gasteiger partial charge in [-0.3, -0.25) is 4.98 Å². The fourth-order valence-electron chi connectivity index (χ4n) is 1.95. The van der Waals surface area contributed by atoms with Crippen LogP contribution < -0.4 is 11.1 Å². The molecule has 1 atom stereocenters. The van der Waals surface area contributed by atoms with Crippen molar-refractivity contribution in [1.29, 1.82) is 0 Å². The molecule has 1 aliphatic heterocycles. The van der Waals surface area contributed by atoms with Gasteiger partial charge in [0.15, 0.2) is 0 Å². The number of nitrogens with zero attached hydrogens (tertiary/aromatic N) is 1. The second kappa shape index (κ2) is 3.44. The van der Waals surface area contributed by atoms with Gasteiger partial charge in [0, 0.05) is 12.7 Å². The molecule has 13 heavy (non-hydrogen) atoms. The van der Waals surface area contributed by atoms with E-state index in [4.69, 9.17) is 5.73 Å². The zero-order valence-electron chi connectivity index (χ0n) is 7.66. The number of hydrogen-bond acceptors (Lipinski definition) is 3. The van der Waals surface area contributed by atoms with Gasteiger partial charge in [-0.1, -0.05) is 6.07 Å². The molecule has 0 spiro atoms. The van der Waals surface area contributed by atoms with E-state index in [2.05, 4.69) is 10.3 Å². The van der Waals surface area contributed by atoms with Gasteiger partial charge in [0.1, 0.15) is 0 Å². The molecule has 1 unspecified atom stereocenters. The van der Waals surface area contributed by atoms with E-state index >= 15 is 0 Å². The molecule has 0 saturated carbocycles. The highest BCUT2D eigenvalue weighted by Gasteiger charge is 2.34. The molecule has 2 heterocycles. The summed E-state index contributed by atoms with van der Waals surface area (Å²) in [5, 5.41) is 3.45. The quantitative estimate of drug-likeness (QED) is 0.696. The minimum atomic E-state index is -0.0543. The van der Waals surface area contributed by atoms with Gasteiger partial charge < -0.3 is 11.1 Å². The largest absolute Gasteiger partial charge is 0.328 e. The average Bonchev–Trinajstić information content (AvgIpc) is 2.69. The Bertz CT molecular complexity index is 265. The van der Waals surface area contributed by atoms with Gasteiger partial charge in [-0.25, -0.2) is 0 Å². The molecule has 0 amide bonds. The highest BCUT2D eigenvalue weighted by Crippen LogP contribution is 2.27. The van der Waals surface area contributed by atoms with Crippen LogP contribution in [0.4, 0.5) is 0 Å². The first-order valence-electron chi connectivity index (χ1n) is 4.74. The molecular formula is C10H15N3. The van der Waals surface area contributed by atoms with Crippen molar-refractivity contribution < 1.29 is 0 Å². The summed E-state index contributed by atoms with van der Waals surface area (Å²) in [5.41, 5.74) is 6.82. The number of pyridine rings is 1. The fourth-order valence-corrected chi connectivity index (χ4v) is 1.95. The molecule has 2 rings (SSSR count). The predicted octanol–water partition coefficient (Wildman–Crippen LogP) is 0.619. The molecule has 0 radical (unpaired) electrons. The van der Waals surface area contributed by atoms with Crippen molar-refractivity contribution in [2.75, 3.05) is 13.1 Å². The Morgan fingerprint density at radius 3 is 3.00 bits per heavy atom. The van der Waals surface area contributed by atoms with Crippen LogP contribution in [0.1, 0.15) is 18.5 Å². The SMILES string of the molecule is NCC1(c2ccccn2)CCCN1. The van der Waals surface area contributed by atoms with Gasteiger partial charge in [0.25, 0.3) is 0 Å². The van der Waals surface area contributed by atoms with Gasteiger partial charge in [-0.15, -0.1) is 0 Å². The van der Waals surface area contributed by atoms with Crippen LogP contribution in [0.2, 0.25) is 0 Å². The minimum Gasteiger partial charge on any atom is -0.328 e. The molecule has 0 bridgehead atoms. The Morgan fingerprint density at radius 1 is 1.54 bits per heavy atom. The zero-order valence-corrected chi connectivity index (χ0v) is 7.66. The van der Waals surface area contributed by atoms with E-state index < -0.39 is 0 Å². The topological polar surface area (TPSA) is 50.9 Å². The van der Waals surface area contributed by atoms with Crippen LogP contribution in [0.5, 0.6) is 0 Å². The van der Waals surface area contributed by atoms with Crippen molar-refractivity contribution in [3.63, 3.8) is 0 Å². The summed E-state index contributed by atoms with van der Waals surface area (Å²) in [6.07, 6.45) is 4.11. The van der Waals surface area contributed by atoms with Gasteiger partial charge in [0.05, 0.1) is 11.2 Å². The highest BCUT2D eigenvalue weighted by atomic mass is 15.0. The molecule has 0 aliphatic carbocycles. The first-order chi connectivity index (χ1) is 6.37. The summed E-state index contributed by atoms with van der Waals surface area (Å²) in [6.45, 7) is 1.68. The molecule has 1 fully saturated rings. The molecule has 70 valence electrons. The van der Waals surface area contributed by atoms with Crippen LogP contribution in [0.3, 0.4) is 0 Å². The molecule has 3 nitrogen and oxygen atoms in total. The predicted molar refractivity (Wildman–Crippen MR) is 52.2 cm³/mol. The summed E-state index contributed by atoms with van der Waals surface area (Å²) in [4.78, 5) is 4.36. The number of nitrogens with one attached hydrogen (secondary N) is 1.